The number of rotatable bonds is 2. The molecule has 1 aromatic carbocycles. The van der Waals surface area contributed by atoms with Crippen molar-refractivity contribution in [3.63, 3.8) is 0 Å². The van der Waals surface area contributed by atoms with E-state index >= 15 is 0 Å². The topological polar surface area (TPSA) is 52.7 Å². The number of benzene rings is 1. The van der Waals surface area contributed by atoms with Crippen molar-refractivity contribution < 1.29 is 9.59 Å². The van der Waals surface area contributed by atoms with E-state index in [-0.39, 0.29) is 17.9 Å². The lowest BCUT2D eigenvalue weighted by Gasteiger charge is -2.28. The second-order valence-electron chi connectivity index (χ2n) is 7.24. The fourth-order valence-electron chi connectivity index (χ4n) is 4.36. The van der Waals surface area contributed by atoms with E-state index in [0.29, 0.717) is 34.0 Å². The predicted molar refractivity (Wildman–Crippen MR) is 97.0 cm³/mol. The highest BCUT2D eigenvalue weighted by Gasteiger charge is 2.43. The molecule has 0 bridgehead atoms. The van der Waals surface area contributed by atoms with Gasteiger partial charge in [0, 0.05) is 48.3 Å². The van der Waals surface area contributed by atoms with E-state index in [1.54, 1.807) is 23.1 Å². The third kappa shape index (κ3) is 3.25. The molecule has 0 radical (unpaired) electrons. The Hall–Kier alpha value is -1.30. The summed E-state index contributed by atoms with van der Waals surface area (Å²) in [5.41, 5.74) is 0.444. The Morgan fingerprint density at radius 1 is 1.04 bits per heavy atom. The van der Waals surface area contributed by atoms with Crippen LogP contribution in [0.15, 0.2) is 18.2 Å². The molecule has 1 N–H and O–H groups in total. The van der Waals surface area contributed by atoms with Crippen LogP contribution in [0.3, 0.4) is 0 Å². The Balaban J connectivity index is 1.50. The fourth-order valence-corrected chi connectivity index (χ4v) is 4.88. The number of fused-ring (bicyclic) bond motifs is 1. The molecule has 3 aliphatic heterocycles. The monoisotopic (exact) mass is 381 g/mol. The zero-order valence-corrected chi connectivity index (χ0v) is 15.4. The number of carbonyl (C=O) groups is 2. The molecule has 25 heavy (non-hydrogen) atoms. The van der Waals surface area contributed by atoms with Crippen molar-refractivity contribution in [2.24, 2.45) is 11.8 Å². The summed E-state index contributed by atoms with van der Waals surface area (Å²) in [7, 11) is 0. The van der Waals surface area contributed by atoms with Gasteiger partial charge in [0.05, 0.1) is 0 Å². The van der Waals surface area contributed by atoms with Gasteiger partial charge >= 0.3 is 0 Å². The standard InChI is InChI=1S/C18H21Cl2N3O2/c19-14-4-11(5-15(20)6-14)17(24)23-3-1-2-16(23)18(25)22-9-12-7-21-8-13(12)10-22/h4-6,12-13,16,21H,1-3,7-10H2/t12-,13+,16?. The molecule has 0 aliphatic carbocycles. The van der Waals surface area contributed by atoms with Crippen LogP contribution in [0.5, 0.6) is 0 Å². The third-order valence-corrected chi connectivity index (χ3v) is 6.05. The first-order valence-electron chi connectivity index (χ1n) is 8.79. The fraction of sp³-hybridized carbons (Fsp3) is 0.556. The Labute approximate surface area is 157 Å². The van der Waals surface area contributed by atoms with E-state index in [1.165, 1.54) is 0 Å². The normalized spacial score (nSPS) is 28.5. The molecule has 4 rings (SSSR count). The maximum Gasteiger partial charge on any atom is 0.254 e. The molecule has 3 atom stereocenters. The van der Waals surface area contributed by atoms with Crippen LogP contribution in [-0.2, 0) is 4.79 Å². The van der Waals surface area contributed by atoms with Gasteiger partial charge < -0.3 is 15.1 Å². The summed E-state index contributed by atoms with van der Waals surface area (Å²) in [5, 5.41) is 4.24. The maximum absolute atomic E-state index is 13.0. The van der Waals surface area contributed by atoms with Crippen LogP contribution in [0.4, 0.5) is 0 Å². The zero-order chi connectivity index (χ0) is 17.6. The number of hydrogen-bond acceptors (Lipinski definition) is 3. The first kappa shape index (κ1) is 17.1. The van der Waals surface area contributed by atoms with Crippen molar-refractivity contribution in [3.8, 4) is 0 Å². The van der Waals surface area contributed by atoms with Crippen molar-refractivity contribution in [2.45, 2.75) is 18.9 Å². The number of carbonyl (C=O) groups excluding carboxylic acids is 2. The molecule has 3 fully saturated rings. The van der Waals surface area contributed by atoms with Gasteiger partial charge in [-0.05, 0) is 42.9 Å². The molecule has 0 saturated carbocycles. The van der Waals surface area contributed by atoms with Crippen LogP contribution in [0.25, 0.3) is 0 Å². The molecule has 0 spiro atoms. The molecular formula is C18H21Cl2N3O2. The molecule has 1 unspecified atom stereocenters. The molecule has 3 aliphatic rings. The van der Waals surface area contributed by atoms with Gasteiger partial charge in [0.1, 0.15) is 6.04 Å². The smallest absolute Gasteiger partial charge is 0.254 e. The summed E-state index contributed by atoms with van der Waals surface area (Å²) >= 11 is 12.0. The Morgan fingerprint density at radius 2 is 1.68 bits per heavy atom. The number of nitrogens with zero attached hydrogens (tertiary/aromatic N) is 2. The Morgan fingerprint density at radius 3 is 2.32 bits per heavy atom. The minimum Gasteiger partial charge on any atom is -0.340 e. The average Bonchev–Trinajstić information content (AvgIpc) is 3.27. The number of likely N-dealkylation sites (tertiary alicyclic amines) is 2. The summed E-state index contributed by atoms with van der Waals surface area (Å²) in [6, 6.07) is 4.46. The van der Waals surface area contributed by atoms with E-state index in [2.05, 4.69) is 5.32 Å². The maximum atomic E-state index is 13.0. The highest BCUT2D eigenvalue weighted by molar-refractivity contribution is 6.35. The summed E-state index contributed by atoms with van der Waals surface area (Å²) in [6.07, 6.45) is 1.57. The molecule has 7 heteroatoms. The van der Waals surface area contributed by atoms with Crippen LogP contribution in [0.1, 0.15) is 23.2 Å². The van der Waals surface area contributed by atoms with Crippen molar-refractivity contribution in [1.82, 2.24) is 15.1 Å². The molecule has 3 saturated heterocycles. The zero-order valence-electron chi connectivity index (χ0n) is 13.9. The predicted octanol–water partition coefficient (Wildman–Crippen LogP) is 2.28. The van der Waals surface area contributed by atoms with Crippen molar-refractivity contribution in [1.29, 1.82) is 0 Å². The summed E-state index contributed by atoms with van der Waals surface area (Å²) in [4.78, 5) is 29.6. The van der Waals surface area contributed by atoms with E-state index in [1.807, 2.05) is 4.90 Å². The van der Waals surface area contributed by atoms with E-state index in [9.17, 15) is 9.59 Å². The van der Waals surface area contributed by atoms with Crippen LogP contribution < -0.4 is 5.32 Å². The van der Waals surface area contributed by atoms with Crippen LogP contribution in [0, 0.1) is 11.8 Å². The summed E-state index contributed by atoms with van der Waals surface area (Å²) in [5.74, 6) is 1.04. The van der Waals surface area contributed by atoms with Crippen LogP contribution >= 0.6 is 23.2 Å². The number of amides is 2. The second-order valence-corrected chi connectivity index (χ2v) is 8.11. The molecule has 5 nitrogen and oxygen atoms in total. The molecule has 134 valence electrons. The van der Waals surface area contributed by atoms with Gasteiger partial charge in [-0.15, -0.1) is 0 Å². The minimum atomic E-state index is -0.364. The minimum absolute atomic E-state index is 0.0911. The van der Waals surface area contributed by atoms with E-state index < -0.39 is 0 Å². The average molecular weight is 382 g/mol. The lowest BCUT2D eigenvalue weighted by molar-refractivity contribution is -0.134. The van der Waals surface area contributed by atoms with Gasteiger partial charge in [-0.3, -0.25) is 9.59 Å². The first-order valence-corrected chi connectivity index (χ1v) is 9.55. The third-order valence-electron chi connectivity index (χ3n) is 5.61. The first-order chi connectivity index (χ1) is 12.0. The molecule has 0 aromatic heterocycles. The lowest BCUT2D eigenvalue weighted by atomic mass is 10.0. The van der Waals surface area contributed by atoms with E-state index in [0.717, 1.165) is 39.0 Å². The van der Waals surface area contributed by atoms with Gasteiger partial charge in [-0.25, -0.2) is 0 Å². The van der Waals surface area contributed by atoms with Gasteiger partial charge in [0.25, 0.3) is 5.91 Å². The Kier molecular flexibility index (Phi) is 4.65. The van der Waals surface area contributed by atoms with Crippen molar-refractivity contribution in [3.05, 3.63) is 33.8 Å². The van der Waals surface area contributed by atoms with Crippen LogP contribution in [-0.4, -0.2) is 60.4 Å². The second kappa shape index (κ2) is 6.78. The van der Waals surface area contributed by atoms with Gasteiger partial charge in [0.15, 0.2) is 0 Å². The largest absolute Gasteiger partial charge is 0.340 e. The van der Waals surface area contributed by atoms with Crippen molar-refractivity contribution >= 4 is 35.0 Å². The highest BCUT2D eigenvalue weighted by atomic mass is 35.5. The van der Waals surface area contributed by atoms with Gasteiger partial charge in [-0.1, -0.05) is 23.2 Å². The summed E-state index contributed by atoms with van der Waals surface area (Å²) in [6.45, 7) is 4.18. The molecule has 2 amide bonds. The van der Waals surface area contributed by atoms with Gasteiger partial charge in [0.2, 0.25) is 5.91 Å². The lowest BCUT2D eigenvalue weighted by Crippen LogP contribution is -2.47. The van der Waals surface area contributed by atoms with Crippen molar-refractivity contribution in [2.75, 3.05) is 32.7 Å². The molecule has 1 aromatic rings. The molecule has 3 heterocycles. The number of halogens is 2. The summed E-state index contributed by atoms with van der Waals surface area (Å²) < 4.78 is 0. The number of hydrogen-bond donors (Lipinski definition) is 1. The van der Waals surface area contributed by atoms with Gasteiger partial charge in [-0.2, -0.15) is 0 Å². The quantitative estimate of drug-likeness (QED) is 0.854. The molecular weight excluding hydrogens is 361 g/mol. The Bertz CT molecular complexity index is 679. The highest BCUT2D eigenvalue weighted by Crippen LogP contribution is 2.30. The van der Waals surface area contributed by atoms with E-state index in [4.69, 9.17) is 23.2 Å². The SMILES string of the molecule is O=C(C1CCCN1C(=O)c1cc(Cl)cc(Cl)c1)N1C[C@H]2CNC[C@H]2C1. The van der Waals surface area contributed by atoms with Crippen LogP contribution in [0.2, 0.25) is 10.0 Å². The number of nitrogens with one attached hydrogen (secondary N) is 1.